The molecule has 0 amide bonds. The van der Waals surface area contributed by atoms with Gasteiger partial charge in [-0.1, -0.05) is 11.6 Å². The maximum Gasteiger partial charge on any atom is 0.328 e. The summed E-state index contributed by atoms with van der Waals surface area (Å²) < 4.78 is 22.5. The Kier molecular flexibility index (Phi) is 6.30. The van der Waals surface area contributed by atoms with Gasteiger partial charge >= 0.3 is 11.9 Å². The van der Waals surface area contributed by atoms with E-state index in [9.17, 15) is 18.8 Å². The second kappa shape index (κ2) is 7.73. The molecule has 0 atom stereocenters. The van der Waals surface area contributed by atoms with Crippen LogP contribution >= 0.6 is 11.6 Å². The number of Topliss-reactive ketones (excluding diaryl/α,β-unsaturated/α-hetero) is 1. The number of benzene rings is 1. The van der Waals surface area contributed by atoms with Gasteiger partial charge in [-0.05, 0) is 32.0 Å². The van der Waals surface area contributed by atoms with Crippen molar-refractivity contribution >= 4 is 29.3 Å². The molecule has 0 aromatic heterocycles. The van der Waals surface area contributed by atoms with Gasteiger partial charge in [0.05, 0.1) is 18.2 Å². The van der Waals surface area contributed by atoms with Crippen molar-refractivity contribution in [2.75, 3.05) is 13.2 Å². The van der Waals surface area contributed by atoms with Crippen molar-refractivity contribution in [1.29, 1.82) is 0 Å². The third kappa shape index (κ3) is 4.26. The minimum Gasteiger partial charge on any atom is -0.465 e. The Bertz CT molecular complexity index is 540. The van der Waals surface area contributed by atoms with E-state index in [1.54, 1.807) is 13.8 Å². The lowest BCUT2D eigenvalue weighted by Gasteiger charge is -2.13. The molecule has 7 heteroatoms. The first-order chi connectivity index (χ1) is 9.92. The van der Waals surface area contributed by atoms with Crippen LogP contribution in [0.4, 0.5) is 4.39 Å². The molecule has 0 saturated heterocycles. The SMILES string of the molecule is CCOC(=O)C(C(=O)OCC)C(=O)c1ccc(F)c(Cl)c1. The molecule has 1 rings (SSSR count). The molecule has 0 bridgehead atoms. The molecule has 0 spiro atoms. The first kappa shape index (κ1) is 17.1. The molecule has 0 heterocycles. The molecule has 21 heavy (non-hydrogen) atoms. The smallest absolute Gasteiger partial charge is 0.328 e. The van der Waals surface area contributed by atoms with E-state index in [-0.39, 0.29) is 23.8 Å². The molecule has 0 aliphatic carbocycles. The highest BCUT2D eigenvalue weighted by Crippen LogP contribution is 2.20. The number of carbonyl (C=O) groups is 3. The molecule has 114 valence electrons. The number of hydrogen-bond donors (Lipinski definition) is 0. The summed E-state index contributed by atoms with van der Waals surface area (Å²) in [5.74, 6) is -5.33. The highest BCUT2D eigenvalue weighted by atomic mass is 35.5. The third-order valence-corrected chi connectivity index (χ3v) is 2.80. The fourth-order valence-corrected chi connectivity index (χ4v) is 1.76. The number of hydrogen-bond acceptors (Lipinski definition) is 5. The van der Waals surface area contributed by atoms with E-state index in [0.29, 0.717) is 0 Å². The Labute approximate surface area is 126 Å². The number of carbonyl (C=O) groups excluding carboxylic acids is 3. The zero-order valence-corrected chi connectivity index (χ0v) is 12.3. The number of ketones is 1. The van der Waals surface area contributed by atoms with Crippen molar-refractivity contribution in [2.24, 2.45) is 5.92 Å². The zero-order chi connectivity index (χ0) is 16.0. The van der Waals surface area contributed by atoms with Gasteiger partial charge in [0.2, 0.25) is 5.92 Å². The highest BCUT2D eigenvalue weighted by molar-refractivity contribution is 6.31. The topological polar surface area (TPSA) is 69.7 Å². The largest absolute Gasteiger partial charge is 0.465 e. The minimum atomic E-state index is -1.74. The summed E-state index contributed by atoms with van der Waals surface area (Å²) in [4.78, 5) is 35.8. The van der Waals surface area contributed by atoms with Crippen molar-refractivity contribution in [3.63, 3.8) is 0 Å². The molecular weight excluding hydrogens is 303 g/mol. The van der Waals surface area contributed by atoms with Gasteiger partial charge in [-0.15, -0.1) is 0 Å². The molecule has 0 unspecified atom stereocenters. The summed E-state index contributed by atoms with van der Waals surface area (Å²) in [5.41, 5.74) is -0.0764. The van der Waals surface area contributed by atoms with Crippen molar-refractivity contribution in [2.45, 2.75) is 13.8 Å². The Balaban J connectivity index is 3.11. The zero-order valence-electron chi connectivity index (χ0n) is 11.5. The van der Waals surface area contributed by atoms with Crippen molar-refractivity contribution < 1.29 is 28.2 Å². The molecule has 0 fully saturated rings. The first-order valence-corrected chi connectivity index (χ1v) is 6.62. The Morgan fingerprint density at radius 1 is 1.14 bits per heavy atom. The van der Waals surface area contributed by atoms with Crippen LogP contribution in [0.25, 0.3) is 0 Å². The predicted octanol–water partition coefficient (Wildman–Crippen LogP) is 2.40. The van der Waals surface area contributed by atoms with Gasteiger partial charge in [0.15, 0.2) is 5.78 Å². The minimum absolute atomic E-state index is 0.00614. The fraction of sp³-hybridized carbons (Fsp3) is 0.357. The predicted molar refractivity (Wildman–Crippen MR) is 72.5 cm³/mol. The van der Waals surface area contributed by atoms with Crippen LogP contribution in [-0.2, 0) is 19.1 Å². The monoisotopic (exact) mass is 316 g/mol. The Morgan fingerprint density at radius 3 is 2.10 bits per heavy atom. The normalized spacial score (nSPS) is 10.3. The van der Waals surface area contributed by atoms with Gasteiger partial charge in [-0.2, -0.15) is 0 Å². The van der Waals surface area contributed by atoms with Crippen LogP contribution in [0.1, 0.15) is 24.2 Å². The van der Waals surface area contributed by atoms with Gasteiger partial charge in [-0.25, -0.2) is 4.39 Å². The number of halogens is 2. The highest BCUT2D eigenvalue weighted by Gasteiger charge is 2.37. The molecule has 1 aromatic carbocycles. The second-order valence-corrected chi connectivity index (χ2v) is 4.34. The summed E-state index contributed by atoms with van der Waals surface area (Å²) >= 11 is 5.58. The average Bonchev–Trinajstić information content (AvgIpc) is 2.42. The van der Waals surface area contributed by atoms with E-state index in [1.807, 2.05) is 0 Å². The van der Waals surface area contributed by atoms with Gasteiger partial charge in [0.1, 0.15) is 5.82 Å². The van der Waals surface area contributed by atoms with Crippen LogP contribution in [0.2, 0.25) is 5.02 Å². The molecule has 0 saturated carbocycles. The maximum atomic E-state index is 13.1. The summed E-state index contributed by atoms with van der Waals surface area (Å²) in [5, 5.41) is -0.285. The van der Waals surface area contributed by atoms with Crippen LogP contribution in [0.15, 0.2) is 18.2 Å². The number of rotatable bonds is 6. The summed E-state index contributed by atoms with van der Waals surface area (Å²) in [6, 6.07) is 3.16. The van der Waals surface area contributed by atoms with Crippen molar-refractivity contribution in [1.82, 2.24) is 0 Å². The van der Waals surface area contributed by atoms with Gasteiger partial charge < -0.3 is 9.47 Å². The molecule has 0 aliphatic heterocycles. The van der Waals surface area contributed by atoms with E-state index in [0.717, 1.165) is 18.2 Å². The average molecular weight is 317 g/mol. The number of ether oxygens (including phenoxy) is 2. The molecule has 0 N–H and O–H groups in total. The van der Waals surface area contributed by atoms with Crippen molar-refractivity contribution in [3.05, 3.63) is 34.6 Å². The third-order valence-electron chi connectivity index (χ3n) is 2.51. The summed E-state index contributed by atoms with van der Waals surface area (Å²) in [7, 11) is 0. The van der Waals surface area contributed by atoms with E-state index < -0.39 is 29.5 Å². The van der Waals surface area contributed by atoms with E-state index in [4.69, 9.17) is 21.1 Å². The molecule has 5 nitrogen and oxygen atoms in total. The van der Waals surface area contributed by atoms with Crippen LogP contribution < -0.4 is 0 Å². The summed E-state index contributed by atoms with van der Waals surface area (Å²) in [6.45, 7) is 3.09. The van der Waals surface area contributed by atoms with Gasteiger partial charge in [-0.3, -0.25) is 14.4 Å². The maximum absolute atomic E-state index is 13.1. The van der Waals surface area contributed by atoms with Crippen LogP contribution in [-0.4, -0.2) is 30.9 Å². The quantitative estimate of drug-likeness (QED) is 0.458. The van der Waals surface area contributed by atoms with E-state index >= 15 is 0 Å². The standard InChI is InChI=1S/C14H14ClFO5/c1-3-20-13(18)11(14(19)21-4-2)12(17)8-5-6-10(16)9(15)7-8/h5-7,11H,3-4H2,1-2H3. The van der Waals surface area contributed by atoms with Crippen LogP contribution in [0.5, 0.6) is 0 Å². The van der Waals surface area contributed by atoms with E-state index in [2.05, 4.69) is 0 Å². The molecular formula is C14H14ClFO5. The summed E-state index contributed by atoms with van der Waals surface area (Å²) in [6.07, 6.45) is 0. The van der Waals surface area contributed by atoms with Crippen molar-refractivity contribution in [3.8, 4) is 0 Å². The fourth-order valence-electron chi connectivity index (χ4n) is 1.58. The second-order valence-electron chi connectivity index (χ2n) is 3.93. The molecule has 0 aliphatic rings. The lowest BCUT2D eigenvalue weighted by molar-refractivity contribution is -0.158. The van der Waals surface area contributed by atoms with E-state index in [1.165, 1.54) is 0 Å². The van der Waals surface area contributed by atoms with Crippen LogP contribution in [0, 0.1) is 11.7 Å². The first-order valence-electron chi connectivity index (χ1n) is 6.24. The molecule has 0 radical (unpaired) electrons. The Hall–Kier alpha value is -1.95. The van der Waals surface area contributed by atoms with Gasteiger partial charge in [0.25, 0.3) is 0 Å². The van der Waals surface area contributed by atoms with Gasteiger partial charge in [0, 0.05) is 5.56 Å². The molecule has 1 aromatic rings. The number of esters is 2. The van der Waals surface area contributed by atoms with Crippen LogP contribution in [0.3, 0.4) is 0 Å². The lowest BCUT2D eigenvalue weighted by Crippen LogP contribution is -2.35. The Morgan fingerprint density at radius 2 is 1.67 bits per heavy atom. The lowest BCUT2D eigenvalue weighted by atomic mass is 9.97.